The van der Waals surface area contributed by atoms with E-state index in [2.05, 4.69) is 0 Å². The maximum Gasteiger partial charge on any atom is 0.172 e. The predicted molar refractivity (Wildman–Crippen MR) is 55.9 cm³/mol. The summed E-state index contributed by atoms with van der Waals surface area (Å²) in [5.74, 6) is 4.03. The summed E-state index contributed by atoms with van der Waals surface area (Å²) in [7, 11) is 0. The summed E-state index contributed by atoms with van der Waals surface area (Å²) in [6.07, 6.45) is 8.25. The molecule has 4 fully saturated rings. The third kappa shape index (κ3) is 1.32. The number of carbonyl (C=O) groups excluding carboxylic acids is 2. The van der Waals surface area contributed by atoms with Gasteiger partial charge >= 0.3 is 0 Å². The first kappa shape index (κ1) is 9.35. The van der Waals surface area contributed by atoms with E-state index >= 15 is 0 Å². The number of rotatable bonds is 2. The van der Waals surface area contributed by atoms with Crippen LogP contribution in [0.5, 0.6) is 0 Å². The van der Waals surface area contributed by atoms with Gasteiger partial charge in [0.15, 0.2) is 5.78 Å². The molecule has 0 spiro atoms. The van der Waals surface area contributed by atoms with Gasteiger partial charge in [-0.1, -0.05) is 0 Å². The average Bonchev–Trinajstić information content (AvgIpc) is 2.15. The summed E-state index contributed by atoms with van der Waals surface area (Å²) in [6, 6.07) is 0. The van der Waals surface area contributed by atoms with Gasteiger partial charge in [0.25, 0.3) is 0 Å². The van der Waals surface area contributed by atoms with Gasteiger partial charge in [-0.3, -0.25) is 4.79 Å². The lowest BCUT2D eigenvalue weighted by Gasteiger charge is -2.55. The van der Waals surface area contributed by atoms with Crippen LogP contribution in [-0.4, -0.2) is 11.7 Å². The van der Waals surface area contributed by atoms with Gasteiger partial charge in [0.2, 0.25) is 0 Å². The van der Waals surface area contributed by atoms with Crippen molar-refractivity contribution in [3.63, 3.8) is 0 Å². The first-order valence-corrected chi connectivity index (χ1v) is 5.97. The minimum Gasteiger partial charge on any atom is -0.293 e. The van der Waals surface area contributed by atoms with E-state index < -0.39 is 0 Å². The highest BCUT2D eigenvalue weighted by atomic mass is 16.1. The van der Waals surface area contributed by atoms with E-state index in [9.17, 15) is 9.59 Å². The van der Waals surface area contributed by atoms with Crippen molar-refractivity contribution in [2.24, 2.45) is 23.2 Å². The van der Waals surface area contributed by atoms with Crippen molar-refractivity contribution >= 4 is 11.7 Å². The van der Waals surface area contributed by atoms with Gasteiger partial charge < -0.3 is 0 Å². The standard InChI is InChI=1S/C13H16O2/c14-2-1-12(15)13-6-9-3-10(7-13)5-11(4-9)8-13/h1,9-11H,3-8H2. The molecule has 0 aromatic rings. The van der Waals surface area contributed by atoms with Gasteiger partial charge in [-0.15, -0.1) is 0 Å². The quantitative estimate of drug-likeness (QED) is 0.510. The summed E-state index contributed by atoms with van der Waals surface area (Å²) < 4.78 is 0. The lowest BCUT2D eigenvalue weighted by molar-refractivity contribution is -0.138. The third-order valence-electron chi connectivity index (χ3n) is 4.75. The van der Waals surface area contributed by atoms with Crippen LogP contribution < -0.4 is 0 Å². The van der Waals surface area contributed by atoms with Crippen molar-refractivity contribution in [2.45, 2.75) is 38.5 Å². The molecule has 4 aliphatic carbocycles. The fourth-order valence-electron chi connectivity index (χ4n) is 4.62. The van der Waals surface area contributed by atoms with E-state index in [-0.39, 0.29) is 11.2 Å². The molecular formula is C13H16O2. The number of hydrogen-bond donors (Lipinski definition) is 0. The Hall–Kier alpha value is -0.880. The molecule has 0 aromatic carbocycles. The minimum absolute atomic E-state index is 0.0663. The smallest absolute Gasteiger partial charge is 0.172 e. The zero-order chi connectivity index (χ0) is 10.5. The summed E-state index contributed by atoms with van der Waals surface area (Å²) >= 11 is 0. The molecule has 0 unspecified atom stereocenters. The van der Waals surface area contributed by atoms with Crippen molar-refractivity contribution in [3.05, 3.63) is 6.08 Å². The lowest BCUT2D eigenvalue weighted by atomic mass is 9.48. The Bertz CT molecular complexity index is 314. The van der Waals surface area contributed by atoms with E-state index in [1.165, 1.54) is 19.3 Å². The van der Waals surface area contributed by atoms with E-state index in [4.69, 9.17) is 0 Å². The minimum atomic E-state index is -0.147. The van der Waals surface area contributed by atoms with Gasteiger partial charge in [-0.25, -0.2) is 4.79 Å². The molecule has 2 nitrogen and oxygen atoms in total. The second-order valence-electron chi connectivity index (χ2n) is 5.82. The largest absolute Gasteiger partial charge is 0.293 e. The molecule has 0 saturated heterocycles. The van der Waals surface area contributed by atoms with Crippen LogP contribution in [0, 0.1) is 23.2 Å². The zero-order valence-electron chi connectivity index (χ0n) is 8.87. The van der Waals surface area contributed by atoms with Crippen LogP contribution in [0.4, 0.5) is 0 Å². The Morgan fingerprint density at radius 1 is 1.07 bits per heavy atom. The molecule has 4 bridgehead atoms. The topological polar surface area (TPSA) is 34.1 Å². The van der Waals surface area contributed by atoms with Gasteiger partial charge in [0.05, 0.1) is 6.08 Å². The molecule has 80 valence electrons. The molecule has 0 atom stereocenters. The van der Waals surface area contributed by atoms with E-state index in [0.29, 0.717) is 0 Å². The van der Waals surface area contributed by atoms with Gasteiger partial charge in [-0.2, -0.15) is 0 Å². The second kappa shape index (κ2) is 3.05. The maximum absolute atomic E-state index is 12.0. The Morgan fingerprint density at radius 2 is 1.53 bits per heavy atom. The summed E-state index contributed by atoms with van der Waals surface area (Å²) in [5.41, 5.74) is -0.147. The number of ketones is 1. The average molecular weight is 204 g/mol. The van der Waals surface area contributed by atoms with Crippen LogP contribution >= 0.6 is 0 Å². The molecule has 0 radical (unpaired) electrons. The van der Waals surface area contributed by atoms with Crippen LogP contribution in [-0.2, 0) is 9.59 Å². The molecular weight excluding hydrogens is 188 g/mol. The third-order valence-corrected chi connectivity index (χ3v) is 4.75. The molecule has 4 saturated carbocycles. The number of carbonyl (C=O) groups is 1. The fourth-order valence-corrected chi connectivity index (χ4v) is 4.62. The van der Waals surface area contributed by atoms with Gasteiger partial charge in [-0.05, 0) is 56.3 Å². The van der Waals surface area contributed by atoms with Crippen molar-refractivity contribution < 1.29 is 9.59 Å². The first-order valence-electron chi connectivity index (χ1n) is 5.97. The normalized spacial score (nSPS) is 46.3. The fraction of sp³-hybridized carbons (Fsp3) is 0.769. The molecule has 0 heterocycles. The zero-order valence-corrected chi connectivity index (χ0v) is 8.87. The Labute approximate surface area is 89.7 Å². The molecule has 0 aromatic heterocycles. The second-order valence-corrected chi connectivity index (χ2v) is 5.82. The van der Waals surface area contributed by atoms with Crippen LogP contribution in [0.1, 0.15) is 38.5 Å². The SMILES string of the molecule is O=C=CC(=O)C12CC3CC(CC(C3)C1)C2. The van der Waals surface area contributed by atoms with Crippen molar-refractivity contribution in [3.8, 4) is 0 Å². The maximum atomic E-state index is 12.0. The number of allylic oxidation sites excluding steroid dienone is 1. The van der Waals surface area contributed by atoms with E-state index in [1.54, 1.807) is 5.94 Å². The molecule has 0 aliphatic heterocycles. The predicted octanol–water partition coefficient (Wildman–Crippen LogP) is 2.16. The van der Waals surface area contributed by atoms with E-state index in [1.807, 2.05) is 0 Å². The molecule has 4 aliphatic rings. The van der Waals surface area contributed by atoms with Crippen molar-refractivity contribution in [2.75, 3.05) is 0 Å². The van der Waals surface area contributed by atoms with Crippen molar-refractivity contribution in [1.82, 2.24) is 0 Å². The van der Waals surface area contributed by atoms with Crippen LogP contribution in [0.15, 0.2) is 6.08 Å². The molecule has 0 amide bonds. The highest BCUT2D eigenvalue weighted by Crippen LogP contribution is 2.60. The van der Waals surface area contributed by atoms with Crippen LogP contribution in [0.25, 0.3) is 0 Å². The van der Waals surface area contributed by atoms with Crippen LogP contribution in [0.3, 0.4) is 0 Å². The monoisotopic (exact) mass is 204 g/mol. The summed E-state index contributed by atoms with van der Waals surface area (Å²) in [5, 5.41) is 0. The lowest BCUT2D eigenvalue weighted by Crippen LogP contribution is -2.49. The molecule has 0 N–H and O–H groups in total. The summed E-state index contributed by atoms with van der Waals surface area (Å²) in [6.45, 7) is 0. The van der Waals surface area contributed by atoms with Gasteiger partial charge in [0, 0.05) is 5.41 Å². The molecule has 2 heteroatoms. The Kier molecular flexibility index (Phi) is 1.90. The van der Waals surface area contributed by atoms with Gasteiger partial charge in [0.1, 0.15) is 5.94 Å². The van der Waals surface area contributed by atoms with Crippen molar-refractivity contribution in [1.29, 1.82) is 0 Å². The Morgan fingerprint density at radius 3 is 1.93 bits per heavy atom. The van der Waals surface area contributed by atoms with E-state index in [0.717, 1.165) is 43.1 Å². The highest BCUT2D eigenvalue weighted by Gasteiger charge is 2.53. The first-order chi connectivity index (χ1) is 7.22. The molecule has 4 rings (SSSR count). The van der Waals surface area contributed by atoms with Crippen LogP contribution in [0.2, 0.25) is 0 Å². The highest BCUT2D eigenvalue weighted by molar-refractivity contribution is 6.00. The summed E-state index contributed by atoms with van der Waals surface area (Å²) in [4.78, 5) is 22.3. The Balaban J connectivity index is 1.92. The molecule has 15 heavy (non-hydrogen) atoms. The number of hydrogen-bond acceptors (Lipinski definition) is 2.